The van der Waals surface area contributed by atoms with Gasteiger partial charge in [-0.05, 0) is 42.7 Å². The van der Waals surface area contributed by atoms with Crippen molar-refractivity contribution in [2.75, 3.05) is 21.3 Å². The topological polar surface area (TPSA) is 90.9 Å². The zero-order valence-corrected chi connectivity index (χ0v) is 20.6. The standard InChI is InChI=1S/C27H26ClNO6/c1-14-21(26(31)34-3)22(17-7-5-6-8-19(17)28)24-20(29-14)13-18(23(25(24)30)27(32)35-4)15-9-11-16(33-2)12-10-15/h5-12,18,22-23,29H,13H2,1-4H3/t18-,22+,23-/m0/s1. The molecule has 0 spiro atoms. The van der Waals surface area contributed by atoms with Gasteiger partial charge in [-0.25, -0.2) is 4.79 Å². The average molecular weight is 496 g/mol. The van der Waals surface area contributed by atoms with E-state index in [1.54, 1.807) is 50.4 Å². The van der Waals surface area contributed by atoms with E-state index in [-0.39, 0.29) is 5.57 Å². The van der Waals surface area contributed by atoms with Crippen molar-refractivity contribution >= 4 is 29.3 Å². The van der Waals surface area contributed by atoms with Crippen LogP contribution in [0, 0.1) is 5.92 Å². The highest BCUT2D eigenvalue weighted by Crippen LogP contribution is 2.49. The van der Waals surface area contributed by atoms with Crippen molar-refractivity contribution in [2.45, 2.75) is 25.2 Å². The summed E-state index contributed by atoms with van der Waals surface area (Å²) in [5.41, 5.74) is 3.20. The van der Waals surface area contributed by atoms with Crippen molar-refractivity contribution in [3.63, 3.8) is 0 Å². The third-order valence-electron chi connectivity index (χ3n) is 6.64. The maximum Gasteiger partial charge on any atom is 0.336 e. The van der Waals surface area contributed by atoms with Gasteiger partial charge in [-0.1, -0.05) is 41.9 Å². The molecule has 0 unspecified atom stereocenters. The van der Waals surface area contributed by atoms with Gasteiger partial charge in [0.15, 0.2) is 5.78 Å². The molecule has 2 aliphatic rings. The van der Waals surface area contributed by atoms with Crippen molar-refractivity contribution < 1.29 is 28.6 Å². The van der Waals surface area contributed by atoms with E-state index in [2.05, 4.69) is 5.32 Å². The summed E-state index contributed by atoms with van der Waals surface area (Å²) in [4.78, 5) is 39.9. The maximum absolute atomic E-state index is 14.1. The van der Waals surface area contributed by atoms with Crippen molar-refractivity contribution in [1.29, 1.82) is 0 Å². The van der Waals surface area contributed by atoms with Gasteiger partial charge >= 0.3 is 11.9 Å². The van der Waals surface area contributed by atoms with Crippen LogP contribution in [0.3, 0.4) is 0 Å². The summed E-state index contributed by atoms with van der Waals surface area (Å²) in [6, 6.07) is 14.3. The Morgan fingerprint density at radius 1 is 1.00 bits per heavy atom. The van der Waals surface area contributed by atoms with E-state index in [4.69, 9.17) is 25.8 Å². The first kappa shape index (κ1) is 24.5. The van der Waals surface area contributed by atoms with E-state index < -0.39 is 35.5 Å². The monoisotopic (exact) mass is 495 g/mol. The van der Waals surface area contributed by atoms with Gasteiger partial charge in [0, 0.05) is 33.8 Å². The first-order valence-electron chi connectivity index (χ1n) is 11.1. The molecule has 4 rings (SSSR count). The number of nitrogens with one attached hydrogen (secondary N) is 1. The molecule has 1 aliphatic carbocycles. The maximum atomic E-state index is 14.1. The van der Waals surface area contributed by atoms with E-state index in [1.807, 2.05) is 12.1 Å². The number of carbonyl (C=O) groups excluding carboxylic acids is 3. The van der Waals surface area contributed by atoms with Crippen molar-refractivity contribution in [3.05, 3.63) is 87.2 Å². The smallest absolute Gasteiger partial charge is 0.336 e. The van der Waals surface area contributed by atoms with Gasteiger partial charge in [0.25, 0.3) is 0 Å². The summed E-state index contributed by atoms with van der Waals surface area (Å²) < 4.78 is 15.4. The number of esters is 2. The molecule has 0 fully saturated rings. The zero-order valence-electron chi connectivity index (χ0n) is 19.9. The number of ketones is 1. The Morgan fingerprint density at radius 3 is 2.29 bits per heavy atom. The minimum atomic E-state index is -1.09. The minimum Gasteiger partial charge on any atom is -0.497 e. The molecule has 0 bridgehead atoms. The molecule has 7 nitrogen and oxygen atoms in total. The number of allylic oxidation sites excluding steroid dienone is 3. The number of benzene rings is 2. The summed E-state index contributed by atoms with van der Waals surface area (Å²) in [7, 11) is 4.12. The lowest BCUT2D eigenvalue weighted by Gasteiger charge is -2.39. The quantitative estimate of drug-likeness (QED) is 0.489. The molecule has 0 radical (unpaired) electrons. The largest absolute Gasteiger partial charge is 0.497 e. The second-order valence-electron chi connectivity index (χ2n) is 8.45. The Hall–Kier alpha value is -3.58. The van der Waals surface area contributed by atoms with E-state index in [0.717, 1.165) is 5.56 Å². The van der Waals surface area contributed by atoms with Gasteiger partial charge in [-0.3, -0.25) is 9.59 Å². The van der Waals surface area contributed by atoms with Crippen LogP contribution in [0.25, 0.3) is 0 Å². The van der Waals surface area contributed by atoms with Crippen LogP contribution in [-0.4, -0.2) is 39.1 Å². The zero-order chi connectivity index (χ0) is 25.3. The highest BCUT2D eigenvalue weighted by Gasteiger charge is 2.49. The molecule has 0 saturated heterocycles. The third kappa shape index (κ3) is 4.32. The van der Waals surface area contributed by atoms with E-state index in [1.165, 1.54) is 14.2 Å². The predicted molar refractivity (Wildman–Crippen MR) is 130 cm³/mol. The van der Waals surface area contributed by atoms with Crippen molar-refractivity contribution in [1.82, 2.24) is 5.32 Å². The van der Waals surface area contributed by atoms with Crippen LogP contribution in [0.15, 0.2) is 71.1 Å². The molecule has 2 aromatic rings. The van der Waals surface area contributed by atoms with E-state index in [9.17, 15) is 14.4 Å². The number of hydrogen-bond acceptors (Lipinski definition) is 7. The number of hydrogen-bond donors (Lipinski definition) is 1. The number of dihydropyridines is 1. The summed E-state index contributed by atoms with van der Waals surface area (Å²) in [6.07, 6.45) is 0.361. The Kier molecular flexibility index (Phi) is 6.98. The lowest BCUT2D eigenvalue weighted by Crippen LogP contribution is -2.43. The van der Waals surface area contributed by atoms with Gasteiger partial charge in [0.05, 0.1) is 26.9 Å². The van der Waals surface area contributed by atoms with Crippen LogP contribution >= 0.6 is 11.6 Å². The SMILES string of the molecule is COC(=O)C1=C(C)NC2=C(C(=O)[C@@H](C(=O)OC)[C@H](c3ccc(OC)cc3)C2)[C@@H]1c1ccccc1Cl. The van der Waals surface area contributed by atoms with Gasteiger partial charge < -0.3 is 19.5 Å². The molecule has 182 valence electrons. The van der Waals surface area contributed by atoms with Gasteiger partial charge in [-0.15, -0.1) is 0 Å². The summed E-state index contributed by atoms with van der Waals surface area (Å²) >= 11 is 6.54. The van der Waals surface area contributed by atoms with Crippen LogP contribution in [-0.2, 0) is 23.9 Å². The summed E-state index contributed by atoms with van der Waals surface area (Å²) in [6.45, 7) is 1.76. The molecular formula is C27H26ClNO6. The number of ether oxygens (including phenoxy) is 3. The molecule has 0 saturated carbocycles. The van der Waals surface area contributed by atoms with Crippen LogP contribution in [0.2, 0.25) is 5.02 Å². The second-order valence-corrected chi connectivity index (χ2v) is 8.86. The van der Waals surface area contributed by atoms with E-state index in [0.29, 0.717) is 39.7 Å². The lowest BCUT2D eigenvalue weighted by molar-refractivity contribution is -0.150. The fraction of sp³-hybridized carbons (Fsp3) is 0.296. The number of Topliss-reactive ketones (excluding diaryl/α,β-unsaturated/α-hetero) is 1. The highest BCUT2D eigenvalue weighted by atomic mass is 35.5. The van der Waals surface area contributed by atoms with Crippen molar-refractivity contribution in [2.24, 2.45) is 5.92 Å². The molecule has 0 amide bonds. The van der Waals surface area contributed by atoms with Crippen LogP contribution in [0.4, 0.5) is 0 Å². The predicted octanol–water partition coefficient (Wildman–Crippen LogP) is 4.28. The Labute approximate surface area is 208 Å². The Bertz CT molecular complexity index is 1250. The molecule has 3 atom stereocenters. The van der Waals surface area contributed by atoms with E-state index >= 15 is 0 Å². The first-order chi connectivity index (χ1) is 16.8. The minimum absolute atomic E-state index is 0.277. The van der Waals surface area contributed by atoms with Crippen LogP contribution < -0.4 is 10.1 Å². The van der Waals surface area contributed by atoms with Gasteiger partial charge in [0.1, 0.15) is 11.7 Å². The molecule has 0 aromatic heterocycles. The molecule has 1 aliphatic heterocycles. The van der Waals surface area contributed by atoms with Crippen LogP contribution in [0.1, 0.15) is 36.3 Å². The molecule has 1 heterocycles. The number of carbonyl (C=O) groups is 3. The van der Waals surface area contributed by atoms with Gasteiger partial charge in [-0.2, -0.15) is 0 Å². The summed E-state index contributed by atoms with van der Waals surface area (Å²) in [5, 5.41) is 3.65. The fourth-order valence-corrected chi connectivity index (χ4v) is 5.24. The lowest BCUT2D eigenvalue weighted by atomic mass is 9.67. The Morgan fingerprint density at radius 2 is 1.69 bits per heavy atom. The molecule has 2 aromatic carbocycles. The average Bonchev–Trinajstić information content (AvgIpc) is 2.87. The molecular weight excluding hydrogens is 470 g/mol. The normalized spacial score (nSPS) is 21.7. The molecule has 35 heavy (non-hydrogen) atoms. The first-order valence-corrected chi connectivity index (χ1v) is 11.5. The van der Waals surface area contributed by atoms with Crippen molar-refractivity contribution in [3.8, 4) is 5.75 Å². The molecule has 8 heteroatoms. The third-order valence-corrected chi connectivity index (χ3v) is 6.98. The Balaban J connectivity index is 1.90. The van der Waals surface area contributed by atoms with Gasteiger partial charge in [0.2, 0.25) is 0 Å². The number of halogens is 1. The molecule has 1 N–H and O–H groups in total. The number of methoxy groups -OCH3 is 3. The highest BCUT2D eigenvalue weighted by molar-refractivity contribution is 6.31. The fourth-order valence-electron chi connectivity index (χ4n) is 5.00. The van der Waals surface area contributed by atoms with Crippen LogP contribution in [0.5, 0.6) is 5.75 Å². The number of rotatable bonds is 5. The second kappa shape index (κ2) is 9.96. The summed E-state index contributed by atoms with van der Waals surface area (Å²) in [5.74, 6) is -3.30.